The molecule has 0 radical (unpaired) electrons. The lowest BCUT2D eigenvalue weighted by atomic mass is 9.75. The van der Waals surface area contributed by atoms with Gasteiger partial charge in [0, 0.05) is 36.0 Å². The third kappa shape index (κ3) is 3.58. The molecule has 1 aliphatic rings. The van der Waals surface area contributed by atoms with Crippen LogP contribution < -0.4 is 0 Å². The lowest BCUT2D eigenvalue weighted by Crippen LogP contribution is -2.27. The van der Waals surface area contributed by atoms with E-state index < -0.39 is 15.7 Å². The lowest BCUT2D eigenvalue weighted by molar-refractivity contribution is 0.0911. The second kappa shape index (κ2) is 7.16. The van der Waals surface area contributed by atoms with Crippen LogP contribution in [0, 0.1) is 18.2 Å². The van der Waals surface area contributed by atoms with E-state index in [1.54, 1.807) is 12.1 Å². The number of aromatic amines is 1. The minimum Gasteiger partial charge on any atom is -0.362 e. The number of fused-ring (bicyclic) bond motifs is 1. The molecule has 0 spiro atoms. The highest BCUT2D eigenvalue weighted by atomic mass is 32.2. The van der Waals surface area contributed by atoms with E-state index >= 15 is 0 Å². The Morgan fingerprint density at radius 3 is 2.53 bits per heavy atom. The molecule has 0 amide bonds. The number of carbonyl (C=O) groups is 1. The van der Waals surface area contributed by atoms with E-state index in [0.717, 1.165) is 35.5 Å². The highest BCUT2D eigenvalue weighted by molar-refractivity contribution is 7.91. The van der Waals surface area contributed by atoms with Gasteiger partial charge >= 0.3 is 0 Å². The summed E-state index contributed by atoms with van der Waals surface area (Å²) >= 11 is 0. The van der Waals surface area contributed by atoms with Crippen molar-refractivity contribution in [2.24, 2.45) is 5.41 Å². The Bertz CT molecular complexity index is 1240. The first kappa shape index (κ1) is 20.5. The minimum absolute atomic E-state index is 0.0190. The Hall–Kier alpha value is -2.80. The molecular weight excluding hydrogens is 403 g/mol. The van der Waals surface area contributed by atoms with E-state index in [1.807, 2.05) is 6.92 Å². The van der Waals surface area contributed by atoms with Crippen molar-refractivity contribution >= 4 is 15.6 Å². The Balaban J connectivity index is 1.78. The van der Waals surface area contributed by atoms with Gasteiger partial charge in [0.15, 0.2) is 10.8 Å². The minimum atomic E-state index is -3.93. The molecule has 1 aromatic carbocycles. The van der Waals surface area contributed by atoms with Crippen molar-refractivity contribution in [2.45, 2.75) is 50.0 Å². The largest absolute Gasteiger partial charge is 0.362 e. The van der Waals surface area contributed by atoms with E-state index in [0.29, 0.717) is 17.5 Å². The van der Waals surface area contributed by atoms with E-state index in [4.69, 9.17) is 0 Å². The molecule has 5 nitrogen and oxygen atoms in total. The lowest BCUT2D eigenvalue weighted by Gasteiger charge is -2.28. The molecule has 3 aromatic rings. The molecule has 7 heteroatoms. The van der Waals surface area contributed by atoms with Crippen LogP contribution in [0.1, 0.15) is 53.1 Å². The summed E-state index contributed by atoms with van der Waals surface area (Å²) in [5.74, 6) is -0.432. The molecule has 0 fully saturated rings. The number of H-pyrrole nitrogens is 1. The number of ketones is 1. The number of aryl methyl sites for hydroxylation is 1. The zero-order valence-electron chi connectivity index (χ0n) is 17.1. The first-order valence-electron chi connectivity index (χ1n) is 9.76. The van der Waals surface area contributed by atoms with Crippen LogP contribution >= 0.6 is 0 Å². The molecule has 0 bridgehead atoms. The van der Waals surface area contributed by atoms with Crippen LogP contribution in [0.15, 0.2) is 52.5 Å². The van der Waals surface area contributed by atoms with E-state index in [1.165, 1.54) is 18.3 Å². The van der Waals surface area contributed by atoms with Gasteiger partial charge in [0.1, 0.15) is 5.82 Å². The quantitative estimate of drug-likeness (QED) is 0.626. The fourth-order valence-corrected chi connectivity index (χ4v) is 5.61. The Labute approximate surface area is 175 Å². The van der Waals surface area contributed by atoms with Crippen LogP contribution in [-0.4, -0.2) is 24.2 Å². The maximum Gasteiger partial charge on any atom is 0.224 e. The molecule has 0 aliphatic heterocycles. The average molecular weight is 427 g/mol. The third-order valence-corrected chi connectivity index (χ3v) is 7.33. The van der Waals surface area contributed by atoms with Gasteiger partial charge in [0.2, 0.25) is 9.84 Å². The number of hydrogen-bond acceptors (Lipinski definition) is 4. The molecule has 2 heterocycles. The normalized spacial score (nSPS) is 15.8. The van der Waals surface area contributed by atoms with Crippen LogP contribution in [0.4, 0.5) is 4.39 Å². The van der Waals surface area contributed by atoms with Crippen LogP contribution in [0.5, 0.6) is 0 Å². The molecule has 1 aliphatic carbocycles. The number of nitrogens with one attached hydrogen (secondary N) is 1. The second-order valence-electron chi connectivity index (χ2n) is 8.62. The van der Waals surface area contributed by atoms with Crippen LogP contribution in [0.2, 0.25) is 0 Å². The average Bonchev–Trinajstić information content (AvgIpc) is 2.96. The number of aromatic nitrogens is 2. The molecule has 0 unspecified atom stereocenters. The number of carbonyl (C=O) groups excluding carboxylic acids is 1. The fourth-order valence-electron chi connectivity index (χ4n) is 4.20. The molecule has 30 heavy (non-hydrogen) atoms. The van der Waals surface area contributed by atoms with E-state index in [9.17, 15) is 17.6 Å². The van der Waals surface area contributed by atoms with E-state index in [-0.39, 0.29) is 27.5 Å². The van der Waals surface area contributed by atoms with Crippen molar-refractivity contribution < 1.29 is 17.6 Å². The second-order valence-corrected chi connectivity index (χ2v) is 10.5. The smallest absolute Gasteiger partial charge is 0.224 e. The van der Waals surface area contributed by atoms with Crippen molar-refractivity contribution in [3.8, 4) is 0 Å². The summed E-state index contributed by atoms with van der Waals surface area (Å²) in [5.41, 5.74) is 3.67. The Kier molecular flexibility index (Phi) is 4.89. The summed E-state index contributed by atoms with van der Waals surface area (Å²) in [6.07, 6.45) is 2.92. The summed E-state index contributed by atoms with van der Waals surface area (Å²) < 4.78 is 39.6. The highest BCUT2D eigenvalue weighted by Gasteiger charge is 2.35. The third-order valence-electron chi connectivity index (χ3n) is 5.56. The van der Waals surface area contributed by atoms with Crippen molar-refractivity contribution in [1.29, 1.82) is 0 Å². The monoisotopic (exact) mass is 426 g/mol. The van der Waals surface area contributed by atoms with Gasteiger partial charge in [-0.25, -0.2) is 17.8 Å². The molecule has 1 N–H and O–H groups in total. The first-order valence-corrected chi connectivity index (χ1v) is 11.2. The van der Waals surface area contributed by atoms with Gasteiger partial charge in [0.25, 0.3) is 0 Å². The van der Waals surface area contributed by atoms with Gasteiger partial charge in [-0.1, -0.05) is 19.9 Å². The number of pyridine rings is 1. The number of Topliss-reactive ketones (excluding diaryl/α,β-unsaturated/α-hetero) is 1. The van der Waals surface area contributed by atoms with Crippen LogP contribution in [0.25, 0.3) is 0 Å². The number of benzene rings is 1. The van der Waals surface area contributed by atoms with Crippen LogP contribution in [-0.2, 0) is 22.7 Å². The van der Waals surface area contributed by atoms with Crippen molar-refractivity contribution in [3.63, 3.8) is 0 Å². The van der Waals surface area contributed by atoms with Gasteiger partial charge in [0.05, 0.1) is 4.90 Å². The predicted molar refractivity (Wildman–Crippen MR) is 111 cm³/mol. The number of halogens is 1. The zero-order valence-corrected chi connectivity index (χ0v) is 17.9. The molecular formula is C23H23FN2O3S. The molecule has 4 rings (SSSR count). The van der Waals surface area contributed by atoms with Gasteiger partial charge in [-0.3, -0.25) is 4.79 Å². The van der Waals surface area contributed by atoms with Crippen molar-refractivity contribution in [3.05, 3.63) is 76.5 Å². The maximum atomic E-state index is 13.3. The Morgan fingerprint density at radius 2 is 1.83 bits per heavy atom. The van der Waals surface area contributed by atoms with Crippen molar-refractivity contribution in [2.75, 3.05) is 0 Å². The number of nitrogens with zero attached hydrogens (tertiary/aromatic N) is 1. The van der Waals surface area contributed by atoms with Crippen LogP contribution in [0.3, 0.4) is 0 Å². The summed E-state index contributed by atoms with van der Waals surface area (Å²) in [4.78, 5) is 20.3. The molecule has 2 aromatic heterocycles. The first-order chi connectivity index (χ1) is 14.1. The molecule has 0 saturated carbocycles. The van der Waals surface area contributed by atoms with E-state index in [2.05, 4.69) is 23.8 Å². The summed E-state index contributed by atoms with van der Waals surface area (Å²) in [6, 6.07) is 8.08. The standard InChI is InChI=1S/C23H23FN2O3S/c1-14-18(21-19(26-14)12-23(2,3)13-20(21)27)11-15-5-4-10-25-22(15)30(28,29)17-8-6-16(24)7-9-17/h4-10,26H,11-13H2,1-3H3. The topological polar surface area (TPSA) is 79.9 Å². The summed E-state index contributed by atoms with van der Waals surface area (Å²) in [7, 11) is -3.93. The molecule has 0 atom stereocenters. The summed E-state index contributed by atoms with van der Waals surface area (Å²) in [5, 5.41) is -0.0745. The predicted octanol–water partition coefficient (Wildman–Crippen LogP) is 4.44. The van der Waals surface area contributed by atoms with Gasteiger partial charge in [-0.2, -0.15) is 0 Å². The van der Waals surface area contributed by atoms with Gasteiger partial charge in [-0.05, 0) is 60.2 Å². The zero-order chi connectivity index (χ0) is 21.7. The fraction of sp³-hybridized carbons (Fsp3) is 0.304. The number of sulfone groups is 1. The molecule has 156 valence electrons. The number of hydrogen-bond donors (Lipinski definition) is 1. The summed E-state index contributed by atoms with van der Waals surface area (Å²) in [6.45, 7) is 6.04. The Morgan fingerprint density at radius 1 is 1.13 bits per heavy atom. The molecule has 0 saturated heterocycles. The van der Waals surface area contributed by atoms with Crippen molar-refractivity contribution in [1.82, 2.24) is 9.97 Å². The SMILES string of the molecule is Cc1[nH]c2c(c1Cc1cccnc1S(=O)(=O)c1ccc(F)cc1)C(=O)CC(C)(C)C2. The van der Waals surface area contributed by atoms with Gasteiger partial charge < -0.3 is 4.98 Å². The van der Waals surface area contributed by atoms with Gasteiger partial charge in [-0.15, -0.1) is 0 Å². The highest BCUT2D eigenvalue weighted by Crippen LogP contribution is 2.38. The number of rotatable bonds is 4. The maximum absolute atomic E-state index is 13.3.